The average molecular weight is 182 g/mol. The lowest BCUT2D eigenvalue weighted by Gasteiger charge is -2.48. The summed E-state index contributed by atoms with van der Waals surface area (Å²) in [7, 11) is 1.97. The van der Waals surface area contributed by atoms with Crippen LogP contribution >= 0.6 is 0 Å². The van der Waals surface area contributed by atoms with Crippen molar-refractivity contribution in [2.24, 2.45) is 0 Å². The van der Waals surface area contributed by atoms with Gasteiger partial charge in [-0.1, -0.05) is 0 Å². The average Bonchev–Trinajstić information content (AvgIpc) is 1.98. The van der Waals surface area contributed by atoms with E-state index < -0.39 is 5.60 Å². The molecule has 0 aromatic heterocycles. The Kier molecular flexibility index (Phi) is 1.63. The van der Waals surface area contributed by atoms with Crippen molar-refractivity contribution >= 4 is 5.91 Å². The lowest BCUT2D eigenvalue weighted by Crippen LogP contribution is -2.69. The maximum atomic E-state index is 11.6. The first-order valence-corrected chi connectivity index (χ1v) is 4.40. The first-order valence-electron chi connectivity index (χ1n) is 4.40. The molecule has 0 unspecified atom stereocenters. The third-order valence-corrected chi connectivity index (χ3v) is 2.64. The normalized spacial score (nSPS) is 26.8. The monoisotopic (exact) mass is 182 g/mol. The lowest BCUT2D eigenvalue weighted by atomic mass is 9.92. The molecule has 72 valence electrons. The van der Waals surface area contributed by atoms with Crippen molar-refractivity contribution in [1.82, 2.24) is 10.2 Å². The minimum Gasteiger partial charge on any atom is -0.478 e. The van der Waals surface area contributed by atoms with Crippen molar-refractivity contribution in [1.29, 1.82) is 0 Å². The van der Waals surface area contributed by atoms with Crippen LogP contribution in [0.4, 0.5) is 0 Å². The summed E-state index contributed by atoms with van der Waals surface area (Å²) in [4.78, 5) is 13.7. The molecule has 1 saturated heterocycles. The minimum atomic E-state index is -0.599. The molecule has 2 aliphatic rings. The molecule has 2 aliphatic heterocycles. The molecule has 13 heavy (non-hydrogen) atoms. The Balaban J connectivity index is 2.21. The summed E-state index contributed by atoms with van der Waals surface area (Å²) in [6.07, 6.45) is 0. The van der Waals surface area contributed by atoms with E-state index in [1.165, 1.54) is 0 Å². The van der Waals surface area contributed by atoms with Gasteiger partial charge in [0.25, 0.3) is 5.91 Å². The SMILES string of the molecule is CC1=C(C)OC2(CN(C)C2)C(=O)N1. The molecule has 2 heterocycles. The summed E-state index contributed by atoms with van der Waals surface area (Å²) in [6.45, 7) is 5.10. The van der Waals surface area contributed by atoms with Crippen LogP contribution in [0.5, 0.6) is 0 Å². The minimum absolute atomic E-state index is 0.00583. The molecule has 0 atom stereocenters. The molecule has 4 nitrogen and oxygen atoms in total. The number of rotatable bonds is 0. The second-order valence-corrected chi connectivity index (χ2v) is 3.90. The van der Waals surface area contributed by atoms with Gasteiger partial charge in [-0.05, 0) is 20.9 Å². The van der Waals surface area contributed by atoms with Gasteiger partial charge >= 0.3 is 0 Å². The third-order valence-electron chi connectivity index (χ3n) is 2.64. The maximum Gasteiger partial charge on any atom is 0.271 e. The van der Waals surface area contributed by atoms with Gasteiger partial charge in [-0.3, -0.25) is 9.69 Å². The molecule has 0 aromatic rings. The number of amides is 1. The zero-order chi connectivity index (χ0) is 9.64. The molecular weight excluding hydrogens is 168 g/mol. The molecule has 1 fully saturated rings. The van der Waals surface area contributed by atoms with Crippen molar-refractivity contribution in [2.75, 3.05) is 20.1 Å². The van der Waals surface area contributed by atoms with Gasteiger partial charge in [-0.2, -0.15) is 0 Å². The van der Waals surface area contributed by atoms with Crippen LogP contribution in [-0.2, 0) is 9.53 Å². The molecule has 0 aromatic carbocycles. The van der Waals surface area contributed by atoms with Crippen LogP contribution in [0, 0.1) is 0 Å². The molecule has 1 N–H and O–H groups in total. The number of carbonyl (C=O) groups excluding carboxylic acids is 1. The van der Waals surface area contributed by atoms with E-state index in [2.05, 4.69) is 10.2 Å². The molecule has 0 saturated carbocycles. The number of likely N-dealkylation sites (N-methyl/N-ethyl adjacent to an activating group) is 1. The summed E-state index contributed by atoms with van der Waals surface area (Å²) < 4.78 is 5.63. The molecule has 0 aliphatic carbocycles. The summed E-state index contributed by atoms with van der Waals surface area (Å²) in [5.41, 5.74) is 0.225. The number of nitrogens with zero attached hydrogens (tertiary/aromatic N) is 1. The fourth-order valence-corrected chi connectivity index (χ4v) is 1.82. The third kappa shape index (κ3) is 1.13. The van der Waals surface area contributed by atoms with Gasteiger partial charge in [-0.15, -0.1) is 0 Å². The lowest BCUT2D eigenvalue weighted by molar-refractivity contribution is -0.164. The van der Waals surface area contributed by atoms with Gasteiger partial charge in [0.1, 0.15) is 5.76 Å². The highest BCUT2D eigenvalue weighted by Crippen LogP contribution is 2.30. The Bertz CT molecular complexity index is 290. The van der Waals surface area contributed by atoms with Crippen LogP contribution in [0.15, 0.2) is 11.5 Å². The van der Waals surface area contributed by atoms with E-state index >= 15 is 0 Å². The van der Waals surface area contributed by atoms with Crippen LogP contribution in [-0.4, -0.2) is 36.5 Å². The van der Waals surface area contributed by atoms with Gasteiger partial charge < -0.3 is 10.1 Å². The fourth-order valence-electron chi connectivity index (χ4n) is 1.82. The van der Waals surface area contributed by atoms with Gasteiger partial charge in [-0.25, -0.2) is 0 Å². The predicted octanol–water partition coefficient (Wildman–Crippen LogP) is 0.0684. The van der Waals surface area contributed by atoms with E-state index in [4.69, 9.17) is 4.74 Å². The Morgan fingerprint density at radius 1 is 1.46 bits per heavy atom. The van der Waals surface area contributed by atoms with E-state index in [0.29, 0.717) is 13.1 Å². The predicted molar refractivity (Wildman–Crippen MR) is 47.8 cm³/mol. The Labute approximate surface area is 77.5 Å². The molecule has 0 bridgehead atoms. The first-order chi connectivity index (χ1) is 6.03. The molecule has 4 heteroatoms. The summed E-state index contributed by atoms with van der Waals surface area (Å²) in [5.74, 6) is 0.821. The second kappa shape index (κ2) is 2.48. The van der Waals surface area contributed by atoms with Gasteiger partial charge in [0.2, 0.25) is 5.60 Å². The summed E-state index contributed by atoms with van der Waals surface area (Å²) in [5, 5.41) is 2.83. The van der Waals surface area contributed by atoms with Crippen molar-refractivity contribution < 1.29 is 9.53 Å². The Hall–Kier alpha value is -1.03. The standard InChI is InChI=1S/C9H14N2O2/c1-6-7(2)13-9(8(12)10-6)4-11(3)5-9/h4-5H2,1-3H3,(H,10,12). The number of hydrogen-bond acceptors (Lipinski definition) is 3. The Morgan fingerprint density at radius 2 is 2.08 bits per heavy atom. The van der Waals surface area contributed by atoms with Crippen LogP contribution in [0.1, 0.15) is 13.8 Å². The zero-order valence-corrected chi connectivity index (χ0v) is 8.18. The molecular formula is C9H14N2O2. The van der Waals surface area contributed by atoms with Gasteiger partial charge in [0.15, 0.2) is 0 Å². The highest BCUT2D eigenvalue weighted by atomic mass is 16.5. The van der Waals surface area contributed by atoms with Crippen molar-refractivity contribution in [3.05, 3.63) is 11.5 Å². The Morgan fingerprint density at radius 3 is 2.62 bits per heavy atom. The van der Waals surface area contributed by atoms with Crippen molar-refractivity contribution in [3.8, 4) is 0 Å². The number of carbonyl (C=O) groups is 1. The maximum absolute atomic E-state index is 11.6. The number of likely N-dealkylation sites (tertiary alicyclic amines) is 1. The molecule has 0 radical (unpaired) electrons. The quantitative estimate of drug-likeness (QED) is 0.576. The number of nitrogens with one attached hydrogen (secondary N) is 1. The second-order valence-electron chi connectivity index (χ2n) is 3.90. The highest BCUT2D eigenvalue weighted by Gasteiger charge is 2.52. The molecule has 1 spiro atoms. The first kappa shape index (κ1) is 8.56. The summed E-state index contributed by atoms with van der Waals surface area (Å²) in [6, 6.07) is 0. The van der Waals surface area contributed by atoms with Gasteiger partial charge in [0.05, 0.1) is 5.70 Å². The molecule has 1 amide bonds. The zero-order valence-electron chi connectivity index (χ0n) is 8.18. The van der Waals surface area contributed by atoms with Crippen LogP contribution < -0.4 is 5.32 Å². The van der Waals surface area contributed by atoms with E-state index in [9.17, 15) is 4.79 Å². The van der Waals surface area contributed by atoms with E-state index in [1.54, 1.807) is 0 Å². The van der Waals surface area contributed by atoms with Crippen LogP contribution in [0.25, 0.3) is 0 Å². The fraction of sp³-hybridized carbons (Fsp3) is 0.667. The highest BCUT2D eigenvalue weighted by molar-refractivity contribution is 5.89. The number of allylic oxidation sites excluding steroid dienone is 2. The van der Waals surface area contributed by atoms with E-state index in [1.807, 2.05) is 20.9 Å². The van der Waals surface area contributed by atoms with Crippen molar-refractivity contribution in [3.63, 3.8) is 0 Å². The number of hydrogen-bond donors (Lipinski definition) is 1. The molecule has 2 rings (SSSR count). The van der Waals surface area contributed by atoms with Crippen LogP contribution in [0.2, 0.25) is 0 Å². The van der Waals surface area contributed by atoms with Crippen LogP contribution in [0.3, 0.4) is 0 Å². The smallest absolute Gasteiger partial charge is 0.271 e. The topological polar surface area (TPSA) is 41.6 Å². The van der Waals surface area contributed by atoms with Crippen molar-refractivity contribution in [2.45, 2.75) is 19.4 Å². The van der Waals surface area contributed by atoms with E-state index in [-0.39, 0.29) is 5.91 Å². The summed E-state index contributed by atoms with van der Waals surface area (Å²) >= 11 is 0. The van der Waals surface area contributed by atoms with E-state index in [0.717, 1.165) is 11.5 Å². The van der Waals surface area contributed by atoms with Gasteiger partial charge in [0, 0.05) is 13.1 Å². The largest absolute Gasteiger partial charge is 0.478 e. The number of ether oxygens (including phenoxy) is 1.